The van der Waals surface area contributed by atoms with Crippen LogP contribution in [0.5, 0.6) is 5.75 Å². The summed E-state index contributed by atoms with van der Waals surface area (Å²) in [6, 6.07) is 13.8. The monoisotopic (exact) mass is 483 g/mol. The molecule has 1 saturated heterocycles. The SMILES string of the molecule is CCOC(=O)C(NNc1ccc(OC)cc1)C1(C(=O)OCC)CCN(c2ccccc2)C(=O)C1=O. The number of carbonyl (C=O) groups is 4. The molecule has 2 aromatic rings. The second kappa shape index (κ2) is 11.5. The number of ketones is 1. The maximum absolute atomic E-state index is 13.6. The lowest BCUT2D eigenvalue weighted by atomic mass is 9.70. The Hall–Kier alpha value is -3.92. The number of hydrazine groups is 1. The highest BCUT2D eigenvalue weighted by Crippen LogP contribution is 2.37. The van der Waals surface area contributed by atoms with Crippen molar-refractivity contribution in [3.05, 3.63) is 54.6 Å². The Kier molecular flexibility index (Phi) is 8.43. The Morgan fingerprint density at radius 3 is 2.26 bits per heavy atom. The van der Waals surface area contributed by atoms with Gasteiger partial charge in [-0.05, 0) is 56.7 Å². The molecule has 0 radical (unpaired) electrons. The van der Waals surface area contributed by atoms with Crippen molar-refractivity contribution in [3.8, 4) is 5.75 Å². The van der Waals surface area contributed by atoms with Crippen molar-refractivity contribution in [2.75, 3.05) is 37.2 Å². The van der Waals surface area contributed by atoms with Gasteiger partial charge in [0.05, 0.1) is 20.3 Å². The molecule has 10 nitrogen and oxygen atoms in total. The lowest BCUT2D eigenvalue weighted by molar-refractivity contribution is -0.172. The zero-order chi connectivity index (χ0) is 25.4. The summed E-state index contributed by atoms with van der Waals surface area (Å²) in [6.45, 7) is 3.18. The molecule has 1 heterocycles. The second-order valence-corrected chi connectivity index (χ2v) is 7.75. The third-order valence-corrected chi connectivity index (χ3v) is 5.75. The molecule has 0 bridgehead atoms. The summed E-state index contributed by atoms with van der Waals surface area (Å²) in [5.74, 6) is -3.16. The van der Waals surface area contributed by atoms with Crippen molar-refractivity contribution in [3.63, 3.8) is 0 Å². The van der Waals surface area contributed by atoms with E-state index in [2.05, 4.69) is 10.9 Å². The Bertz CT molecular complexity index is 1060. The van der Waals surface area contributed by atoms with E-state index in [-0.39, 0.29) is 26.2 Å². The average molecular weight is 484 g/mol. The number of piperidine rings is 1. The van der Waals surface area contributed by atoms with E-state index >= 15 is 0 Å². The highest BCUT2D eigenvalue weighted by atomic mass is 16.5. The van der Waals surface area contributed by atoms with Crippen molar-refractivity contribution < 1.29 is 33.4 Å². The van der Waals surface area contributed by atoms with Gasteiger partial charge in [-0.1, -0.05) is 18.2 Å². The van der Waals surface area contributed by atoms with Gasteiger partial charge in [0.1, 0.15) is 11.8 Å². The van der Waals surface area contributed by atoms with Crippen LogP contribution in [0.3, 0.4) is 0 Å². The second-order valence-electron chi connectivity index (χ2n) is 7.75. The van der Waals surface area contributed by atoms with Crippen molar-refractivity contribution in [1.29, 1.82) is 0 Å². The van der Waals surface area contributed by atoms with Gasteiger partial charge in [-0.2, -0.15) is 0 Å². The van der Waals surface area contributed by atoms with Gasteiger partial charge in [0.25, 0.3) is 5.91 Å². The van der Waals surface area contributed by atoms with Crippen LogP contribution in [0.4, 0.5) is 11.4 Å². The van der Waals surface area contributed by atoms with E-state index in [1.54, 1.807) is 68.4 Å². The number of nitrogens with zero attached hydrogens (tertiary/aromatic N) is 1. The molecule has 2 N–H and O–H groups in total. The van der Waals surface area contributed by atoms with Crippen LogP contribution < -0.4 is 20.5 Å². The van der Waals surface area contributed by atoms with Crippen molar-refractivity contribution >= 4 is 35.0 Å². The first kappa shape index (κ1) is 25.7. The quantitative estimate of drug-likeness (QED) is 0.226. The Balaban J connectivity index is 1.98. The number of hydrogen-bond donors (Lipinski definition) is 2. The lowest BCUT2D eigenvalue weighted by Gasteiger charge is -2.41. The van der Waals surface area contributed by atoms with Crippen LogP contribution in [-0.2, 0) is 28.7 Å². The van der Waals surface area contributed by atoms with Gasteiger partial charge in [-0.3, -0.25) is 19.2 Å². The molecule has 186 valence electrons. The summed E-state index contributed by atoms with van der Waals surface area (Å²) in [4.78, 5) is 54.4. The summed E-state index contributed by atoms with van der Waals surface area (Å²) in [6.07, 6.45) is -0.147. The number of methoxy groups -OCH3 is 1. The molecular weight excluding hydrogens is 454 g/mol. The highest BCUT2D eigenvalue weighted by molar-refractivity contribution is 6.47. The first-order valence-electron chi connectivity index (χ1n) is 11.3. The number of anilines is 2. The molecule has 0 spiro atoms. The fraction of sp³-hybridized carbons (Fsp3) is 0.360. The molecule has 3 rings (SSSR count). The van der Waals surface area contributed by atoms with Crippen LogP contribution in [0.25, 0.3) is 0 Å². The number of nitrogens with one attached hydrogen (secondary N) is 2. The number of carbonyl (C=O) groups excluding carboxylic acids is 4. The summed E-state index contributed by atoms with van der Waals surface area (Å²) in [5.41, 5.74) is 4.52. The van der Waals surface area contributed by atoms with Crippen molar-refractivity contribution in [1.82, 2.24) is 5.43 Å². The zero-order valence-corrected chi connectivity index (χ0v) is 19.9. The number of rotatable bonds is 10. The summed E-state index contributed by atoms with van der Waals surface area (Å²) in [7, 11) is 1.53. The van der Waals surface area contributed by atoms with E-state index in [4.69, 9.17) is 14.2 Å². The van der Waals surface area contributed by atoms with E-state index in [0.717, 1.165) is 0 Å². The number of para-hydroxylation sites is 1. The molecule has 1 amide bonds. The van der Waals surface area contributed by atoms with Crippen molar-refractivity contribution in [2.45, 2.75) is 26.3 Å². The number of esters is 2. The van der Waals surface area contributed by atoms with E-state index in [1.807, 2.05) is 0 Å². The molecule has 0 aliphatic carbocycles. The maximum Gasteiger partial charge on any atom is 0.326 e. The van der Waals surface area contributed by atoms with E-state index < -0.39 is 35.1 Å². The number of hydrogen-bond acceptors (Lipinski definition) is 9. The Labute approximate surface area is 203 Å². The molecule has 1 aliphatic heterocycles. The number of benzene rings is 2. The summed E-state index contributed by atoms with van der Waals surface area (Å²) >= 11 is 0. The van der Waals surface area contributed by atoms with Gasteiger partial charge in [0.2, 0.25) is 5.78 Å². The fourth-order valence-corrected chi connectivity index (χ4v) is 3.96. The van der Waals surface area contributed by atoms with Gasteiger partial charge in [-0.15, -0.1) is 0 Å². The Morgan fingerprint density at radius 2 is 1.66 bits per heavy atom. The van der Waals surface area contributed by atoms with Crippen LogP contribution in [0.15, 0.2) is 54.6 Å². The normalized spacial score (nSPS) is 18.5. The average Bonchev–Trinajstić information content (AvgIpc) is 2.87. The number of Topliss-reactive ketones (excluding diaryl/α,β-unsaturated/α-hetero) is 1. The van der Waals surface area contributed by atoms with Crippen LogP contribution in [-0.4, -0.2) is 56.5 Å². The lowest BCUT2D eigenvalue weighted by Crippen LogP contribution is -2.67. The molecule has 1 fully saturated rings. The van der Waals surface area contributed by atoms with Crippen LogP contribution in [0, 0.1) is 5.41 Å². The molecule has 2 unspecified atom stereocenters. The molecule has 1 aliphatic rings. The third kappa shape index (κ3) is 5.27. The maximum atomic E-state index is 13.6. The van der Waals surface area contributed by atoms with E-state index in [0.29, 0.717) is 17.1 Å². The molecule has 10 heteroatoms. The highest BCUT2D eigenvalue weighted by Gasteiger charge is 2.62. The molecular formula is C25H29N3O7. The fourth-order valence-electron chi connectivity index (χ4n) is 3.96. The molecule has 0 aromatic heterocycles. The third-order valence-electron chi connectivity index (χ3n) is 5.75. The minimum Gasteiger partial charge on any atom is -0.497 e. The largest absolute Gasteiger partial charge is 0.497 e. The topological polar surface area (TPSA) is 123 Å². The van der Waals surface area contributed by atoms with Gasteiger partial charge in [0, 0.05) is 17.9 Å². The van der Waals surface area contributed by atoms with Gasteiger partial charge >= 0.3 is 11.9 Å². The first-order valence-corrected chi connectivity index (χ1v) is 11.3. The summed E-state index contributed by atoms with van der Waals surface area (Å²) < 4.78 is 15.5. The van der Waals surface area contributed by atoms with E-state index in [1.165, 1.54) is 12.0 Å². The number of amides is 1. The minimum absolute atomic E-state index is 0.0106. The summed E-state index contributed by atoms with van der Waals surface area (Å²) in [5, 5.41) is 0. The molecule has 2 aromatic carbocycles. The standard InChI is InChI=1S/C25H29N3O7/c1-4-34-23(31)20(27-26-17-11-13-19(33-3)14-12-17)25(24(32)35-5-2)15-16-28(22(30)21(25)29)18-9-7-6-8-10-18/h6-14,20,26-27H,4-5,15-16H2,1-3H3. The molecule has 0 saturated carbocycles. The zero-order valence-electron chi connectivity index (χ0n) is 19.9. The van der Waals surface area contributed by atoms with Gasteiger partial charge in [-0.25, -0.2) is 5.43 Å². The van der Waals surface area contributed by atoms with Gasteiger partial charge in [0.15, 0.2) is 5.41 Å². The van der Waals surface area contributed by atoms with Gasteiger partial charge < -0.3 is 24.5 Å². The van der Waals surface area contributed by atoms with Crippen LogP contribution in [0.2, 0.25) is 0 Å². The molecule has 35 heavy (non-hydrogen) atoms. The molecule has 2 atom stereocenters. The first-order chi connectivity index (χ1) is 16.9. The predicted octanol–water partition coefficient (Wildman–Crippen LogP) is 2.10. The predicted molar refractivity (Wildman–Crippen MR) is 128 cm³/mol. The Morgan fingerprint density at radius 1 is 1.00 bits per heavy atom. The smallest absolute Gasteiger partial charge is 0.326 e. The minimum atomic E-state index is -2.12. The number of ether oxygens (including phenoxy) is 3. The van der Waals surface area contributed by atoms with E-state index in [9.17, 15) is 19.2 Å². The van der Waals surface area contributed by atoms with Crippen molar-refractivity contribution in [2.24, 2.45) is 5.41 Å². The van der Waals surface area contributed by atoms with Crippen LogP contribution in [0.1, 0.15) is 20.3 Å². The van der Waals surface area contributed by atoms with Crippen LogP contribution >= 0.6 is 0 Å².